The van der Waals surface area contributed by atoms with Crippen molar-refractivity contribution in [2.24, 2.45) is 0 Å². The lowest BCUT2D eigenvalue weighted by atomic mass is 9.95. The molecule has 2 aromatic rings. The van der Waals surface area contributed by atoms with Gasteiger partial charge in [0.1, 0.15) is 11.5 Å². The van der Waals surface area contributed by atoms with E-state index in [1.165, 1.54) is 11.9 Å². The fraction of sp³-hybridized carbons (Fsp3) is 0.286. The van der Waals surface area contributed by atoms with E-state index in [1.54, 1.807) is 0 Å². The second-order valence-electron chi connectivity index (χ2n) is 4.56. The molecule has 0 saturated carbocycles. The van der Waals surface area contributed by atoms with Crippen LogP contribution in [0.5, 0.6) is 0 Å². The summed E-state index contributed by atoms with van der Waals surface area (Å²) in [7, 11) is 0. The number of hydrogen-bond acceptors (Lipinski definition) is 3. The highest BCUT2D eigenvalue weighted by atomic mass is 35.5. The van der Waals surface area contributed by atoms with Crippen LogP contribution in [0.3, 0.4) is 0 Å². The van der Waals surface area contributed by atoms with E-state index in [2.05, 4.69) is 39.6 Å². The molecule has 1 atom stereocenters. The van der Waals surface area contributed by atoms with Gasteiger partial charge >= 0.3 is 0 Å². The number of nitrogens with one attached hydrogen (secondary N) is 1. The summed E-state index contributed by atoms with van der Waals surface area (Å²) < 4.78 is 0. The van der Waals surface area contributed by atoms with Crippen molar-refractivity contribution in [1.82, 2.24) is 15.3 Å². The fourth-order valence-electron chi connectivity index (χ4n) is 2.38. The fourth-order valence-corrected chi connectivity index (χ4v) is 2.61. The number of benzene rings is 1. The van der Waals surface area contributed by atoms with Gasteiger partial charge < -0.3 is 5.32 Å². The highest BCUT2D eigenvalue weighted by molar-refractivity contribution is 6.30. The van der Waals surface area contributed by atoms with E-state index < -0.39 is 0 Å². The van der Waals surface area contributed by atoms with Crippen molar-refractivity contribution in [3.8, 4) is 0 Å². The van der Waals surface area contributed by atoms with Gasteiger partial charge in [0.15, 0.2) is 0 Å². The molecule has 0 saturated heterocycles. The van der Waals surface area contributed by atoms with Crippen LogP contribution in [0, 0.1) is 0 Å². The Morgan fingerprint density at radius 1 is 1.22 bits per heavy atom. The summed E-state index contributed by atoms with van der Waals surface area (Å²) in [6.07, 6.45) is 3.43. The molecule has 1 aromatic heterocycles. The summed E-state index contributed by atoms with van der Waals surface area (Å²) in [6.45, 7) is 0.773. The molecule has 18 heavy (non-hydrogen) atoms. The Labute approximate surface area is 111 Å². The summed E-state index contributed by atoms with van der Waals surface area (Å²) in [4.78, 5) is 8.32. The van der Waals surface area contributed by atoms with Crippen molar-refractivity contribution in [2.75, 3.05) is 0 Å². The van der Waals surface area contributed by atoms with Crippen molar-refractivity contribution in [3.63, 3.8) is 0 Å². The van der Waals surface area contributed by atoms with Crippen LogP contribution in [0.25, 0.3) is 0 Å². The van der Waals surface area contributed by atoms with E-state index >= 15 is 0 Å². The summed E-state index contributed by atoms with van der Waals surface area (Å²) in [5.41, 5.74) is 3.46. The molecule has 1 N–H and O–H groups in total. The lowest BCUT2D eigenvalue weighted by Gasteiger charge is -2.25. The van der Waals surface area contributed by atoms with Gasteiger partial charge in [-0.3, -0.25) is 0 Å². The molecular formula is C14H14ClN3. The van der Waals surface area contributed by atoms with E-state index in [-0.39, 0.29) is 0 Å². The lowest BCUT2D eigenvalue weighted by molar-refractivity contribution is 0.468. The molecule has 0 bridgehead atoms. The topological polar surface area (TPSA) is 37.8 Å². The molecule has 1 unspecified atom stereocenters. The molecule has 3 nitrogen and oxygen atoms in total. The highest BCUT2D eigenvalue weighted by Gasteiger charge is 2.21. The molecule has 1 aromatic carbocycles. The Hall–Kier alpha value is -1.45. The minimum absolute atomic E-state index is 0.406. The van der Waals surface area contributed by atoms with E-state index in [9.17, 15) is 0 Å². The third-order valence-corrected chi connectivity index (χ3v) is 3.64. The quantitative estimate of drug-likeness (QED) is 0.842. The van der Waals surface area contributed by atoms with Crippen LogP contribution in [0.2, 0.25) is 5.15 Å². The van der Waals surface area contributed by atoms with Crippen LogP contribution in [0.1, 0.15) is 16.8 Å². The zero-order valence-corrected chi connectivity index (χ0v) is 10.7. The summed E-state index contributed by atoms with van der Waals surface area (Å²) in [6, 6.07) is 10.9. The predicted octanol–water partition coefficient (Wildman–Crippen LogP) is 2.39. The average Bonchev–Trinajstić information content (AvgIpc) is 2.41. The van der Waals surface area contributed by atoms with Crippen molar-refractivity contribution in [3.05, 3.63) is 58.6 Å². The van der Waals surface area contributed by atoms with Gasteiger partial charge in [-0.15, -0.1) is 0 Å². The van der Waals surface area contributed by atoms with Crippen LogP contribution < -0.4 is 5.32 Å². The number of fused-ring (bicyclic) bond motifs is 1. The average molecular weight is 260 g/mol. The number of rotatable bonds is 2. The third-order valence-electron chi connectivity index (χ3n) is 3.32. The second-order valence-corrected chi connectivity index (χ2v) is 4.92. The Kier molecular flexibility index (Phi) is 3.26. The first-order chi connectivity index (χ1) is 8.83. The molecule has 0 amide bonds. The van der Waals surface area contributed by atoms with Crippen LogP contribution in [0.15, 0.2) is 36.7 Å². The largest absolute Gasteiger partial charge is 0.308 e. The van der Waals surface area contributed by atoms with Gasteiger partial charge in [0, 0.05) is 18.2 Å². The van der Waals surface area contributed by atoms with Gasteiger partial charge in [-0.2, -0.15) is 0 Å². The standard InChI is InChI=1S/C14H14ClN3/c15-14-12-7-11(6-10-4-2-1-3-5-10)16-8-13(12)17-9-18-14/h1-5,9,11,16H,6-8H2. The maximum absolute atomic E-state index is 6.13. The first-order valence-electron chi connectivity index (χ1n) is 6.08. The Morgan fingerprint density at radius 3 is 2.89 bits per heavy atom. The molecule has 0 aliphatic carbocycles. The highest BCUT2D eigenvalue weighted by Crippen LogP contribution is 2.22. The van der Waals surface area contributed by atoms with Crippen LogP contribution in [-0.4, -0.2) is 16.0 Å². The zero-order valence-electron chi connectivity index (χ0n) is 9.94. The number of aromatic nitrogens is 2. The van der Waals surface area contributed by atoms with Gasteiger partial charge in [0.2, 0.25) is 0 Å². The molecule has 0 spiro atoms. The monoisotopic (exact) mass is 259 g/mol. The van der Waals surface area contributed by atoms with E-state index in [0.29, 0.717) is 11.2 Å². The van der Waals surface area contributed by atoms with E-state index in [0.717, 1.165) is 30.6 Å². The summed E-state index contributed by atoms with van der Waals surface area (Å²) >= 11 is 6.13. The second kappa shape index (κ2) is 5.04. The normalized spacial score (nSPS) is 18.4. The van der Waals surface area contributed by atoms with Gasteiger partial charge in [0.25, 0.3) is 0 Å². The maximum Gasteiger partial charge on any atom is 0.135 e. The van der Waals surface area contributed by atoms with Gasteiger partial charge in [-0.25, -0.2) is 9.97 Å². The number of halogens is 1. The SMILES string of the molecule is Clc1ncnc2c1CC(Cc1ccccc1)NC2. The smallest absolute Gasteiger partial charge is 0.135 e. The van der Waals surface area contributed by atoms with Crippen molar-refractivity contribution in [2.45, 2.75) is 25.4 Å². The van der Waals surface area contributed by atoms with Crippen LogP contribution in [-0.2, 0) is 19.4 Å². The zero-order chi connectivity index (χ0) is 12.4. The predicted molar refractivity (Wildman–Crippen MR) is 71.5 cm³/mol. The first kappa shape index (κ1) is 11.6. The van der Waals surface area contributed by atoms with Crippen LogP contribution in [0.4, 0.5) is 0 Å². The Bertz CT molecular complexity index is 542. The summed E-state index contributed by atoms with van der Waals surface area (Å²) in [5.74, 6) is 0. The number of hydrogen-bond donors (Lipinski definition) is 1. The Morgan fingerprint density at radius 2 is 2.06 bits per heavy atom. The molecular weight excluding hydrogens is 246 g/mol. The van der Waals surface area contributed by atoms with Crippen molar-refractivity contribution in [1.29, 1.82) is 0 Å². The molecule has 0 radical (unpaired) electrons. The molecule has 92 valence electrons. The minimum atomic E-state index is 0.406. The molecule has 4 heteroatoms. The molecule has 3 rings (SSSR count). The molecule has 1 aliphatic heterocycles. The Balaban J connectivity index is 1.77. The third kappa shape index (κ3) is 2.37. The van der Waals surface area contributed by atoms with Gasteiger partial charge in [-0.1, -0.05) is 41.9 Å². The van der Waals surface area contributed by atoms with Crippen molar-refractivity contribution >= 4 is 11.6 Å². The first-order valence-corrected chi connectivity index (χ1v) is 6.46. The lowest BCUT2D eigenvalue weighted by Crippen LogP contribution is -2.38. The van der Waals surface area contributed by atoms with E-state index in [4.69, 9.17) is 11.6 Å². The van der Waals surface area contributed by atoms with E-state index in [1.807, 2.05) is 6.07 Å². The number of nitrogens with zero attached hydrogens (tertiary/aromatic N) is 2. The molecule has 1 aliphatic rings. The van der Waals surface area contributed by atoms with Crippen molar-refractivity contribution < 1.29 is 0 Å². The summed E-state index contributed by atoms with van der Waals surface area (Å²) in [5, 5.41) is 4.10. The minimum Gasteiger partial charge on any atom is -0.308 e. The van der Waals surface area contributed by atoms with Crippen LogP contribution >= 0.6 is 11.6 Å². The maximum atomic E-state index is 6.13. The van der Waals surface area contributed by atoms with Gasteiger partial charge in [0.05, 0.1) is 5.69 Å². The van der Waals surface area contributed by atoms with Gasteiger partial charge in [-0.05, 0) is 18.4 Å². The molecule has 0 fully saturated rings. The molecule has 2 heterocycles.